The molecular weight excluding hydrogens is 693 g/mol. The molecule has 3 heterocycles. The maximum Gasteiger partial charge on any atom is 0.160 e. The van der Waals surface area contributed by atoms with Gasteiger partial charge in [-0.05, 0) is 47.3 Å². The fourth-order valence-electron chi connectivity index (χ4n) is 8.28. The second-order valence-corrected chi connectivity index (χ2v) is 14.4. The van der Waals surface area contributed by atoms with Crippen LogP contribution in [0, 0.1) is 0 Å². The van der Waals surface area contributed by atoms with Crippen molar-refractivity contribution >= 4 is 43.5 Å². The molecule has 3 aromatic heterocycles. The summed E-state index contributed by atoms with van der Waals surface area (Å²) < 4.78 is 2.38. The van der Waals surface area contributed by atoms with Gasteiger partial charge >= 0.3 is 0 Å². The number of pyridine rings is 1. The first-order valence-electron chi connectivity index (χ1n) is 19.3. The first-order valence-corrected chi connectivity index (χ1v) is 19.3. The lowest BCUT2D eigenvalue weighted by molar-refractivity contribution is 1.18. The molecule has 0 aliphatic rings. The molecule has 57 heavy (non-hydrogen) atoms. The molecule has 0 atom stereocenters. The zero-order valence-electron chi connectivity index (χ0n) is 30.9. The average Bonchev–Trinajstić information content (AvgIpc) is 3.62. The van der Waals surface area contributed by atoms with E-state index < -0.39 is 0 Å². The van der Waals surface area contributed by atoms with Gasteiger partial charge in [-0.25, -0.2) is 15.0 Å². The summed E-state index contributed by atoms with van der Waals surface area (Å²) in [6.07, 6.45) is 0. The van der Waals surface area contributed by atoms with Crippen molar-refractivity contribution in [1.82, 2.24) is 19.5 Å². The lowest BCUT2D eigenvalue weighted by atomic mass is 9.94. The van der Waals surface area contributed by atoms with Crippen LogP contribution in [0.2, 0.25) is 0 Å². The van der Waals surface area contributed by atoms with E-state index in [9.17, 15) is 0 Å². The molecule has 4 nitrogen and oxygen atoms in total. The number of para-hydroxylation sites is 3. The lowest BCUT2D eigenvalue weighted by Gasteiger charge is -2.15. The minimum absolute atomic E-state index is 0.704. The van der Waals surface area contributed by atoms with E-state index in [4.69, 9.17) is 15.0 Å². The maximum atomic E-state index is 5.55. The third-order valence-electron chi connectivity index (χ3n) is 11.0. The van der Waals surface area contributed by atoms with Gasteiger partial charge < -0.3 is 4.57 Å². The molecule has 0 saturated carbocycles. The topological polar surface area (TPSA) is 43.6 Å². The molecule has 0 radical (unpaired) electrons. The van der Waals surface area contributed by atoms with Crippen molar-refractivity contribution in [2.24, 2.45) is 0 Å². The minimum atomic E-state index is 0.704. The highest BCUT2D eigenvalue weighted by Gasteiger charge is 2.19. The fourth-order valence-corrected chi connectivity index (χ4v) is 8.28. The highest BCUT2D eigenvalue weighted by atomic mass is 15.0. The Morgan fingerprint density at radius 1 is 0.316 bits per heavy atom. The predicted octanol–water partition coefficient (Wildman–Crippen LogP) is 13.6. The molecule has 0 aliphatic heterocycles. The fraction of sp³-hybridized carbons (Fsp3) is 0. The van der Waals surface area contributed by atoms with Crippen LogP contribution in [0.25, 0.3) is 105 Å². The van der Waals surface area contributed by atoms with Crippen LogP contribution in [0.3, 0.4) is 0 Å². The van der Waals surface area contributed by atoms with Crippen LogP contribution in [0.15, 0.2) is 206 Å². The van der Waals surface area contributed by atoms with Gasteiger partial charge in [-0.2, -0.15) is 0 Å². The molecule has 0 bridgehead atoms. The van der Waals surface area contributed by atoms with Crippen LogP contribution >= 0.6 is 0 Å². The van der Waals surface area contributed by atoms with Gasteiger partial charge in [-0.3, -0.25) is 0 Å². The van der Waals surface area contributed by atoms with E-state index in [-0.39, 0.29) is 0 Å². The van der Waals surface area contributed by atoms with Gasteiger partial charge in [0.25, 0.3) is 0 Å². The Balaban J connectivity index is 1.10. The monoisotopic (exact) mass is 726 g/mol. The van der Waals surface area contributed by atoms with Crippen molar-refractivity contribution in [3.63, 3.8) is 0 Å². The summed E-state index contributed by atoms with van der Waals surface area (Å²) in [6.45, 7) is 0. The van der Waals surface area contributed by atoms with Gasteiger partial charge in [0.1, 0.15) is 0 Å². The normalized spacial score (nSPS) is 11.5. The average molecular weight is 727 g/mol. The SMILES string of the molecule is c1ccc(-c2cc(-c3ccc(-c4cccc5c4nc(-c4ccccc4)c4cc6c(cc45)c4ccccc4n6-c4ccccc4)cc3)nc(-c3ccccc3)n2)cc1. The Kier molecular flexibility index (Phi) is 7.78. The molecule has 0 fully saturated rings. The van der Waals surface area contributed by atoms with E-state index in [1.165, 1.54) is 21.7 Å². The summed E-state index contributed by atoms with van der Waals surface area (Å²) in [7, 11) is 0. The first-order chi connectivity index (χ1) is 28.3. The van der Waals surface area contributed by atoms with Gasteiger partial charge in [0.2, 0.25) is 0 Å². The highest BCUT2D eigenvalue weighted by Crippen LogP contribution is 2.42. The van der Waals surface area contributed by atoms with Crippen molar-refractivity contribution in [3.8, 4) is 62.0 Å². The van der Waals surface area contributed by atoms with E-state index in [1.807, 2.05) is 36.4 Å². The zero-order valence-corrected chi connectivity index (χ0v) is 30.9. The van der Waals surface area contributed by atoms with Crippen molar-refractivity contribution in [1.29, 1.82) is 0 Å². The largest absolute Gasteiger partial charge is 0.309 e. The Labute approximate surface area is 330 Å². The third-order valence-corrected chi connectivity index (χ3v) is 11.0. The summed E-state index contributed by atoms with van der Waals surface area (Å²) in [6, 6.07) is 72.6. The summed E-state index contributed by atoms with van der Waals surface area (Å²) in [5, 5.41) is 5.88. The second kappa shape index (κ2) is 13.6. The summed E-state index contributed by atoms with van der Waals surface area (Å²) in [5.41, 5.74) is 13.5. The van der Waals surface area contributed by atoms with E-state index in [1.54, 1.807) is 0 Å². The number of nitrogens with zero attached hydrogens (tertiary/aromatic N) is 4. The van der Waals surface area contributed by atoms with E-state index in [2.05, 4.69) is 174 Å². The van der Waals surface area contributed by atoms with Gasteiger partial charge in [0.05, 0.1) is 33.6 Å². The number of hydrogen-bond acceptors (Lipinski definition) is 3. The summed E-state index contributed by atoms with van der Waals surface area (Å²) >= 11 is 0. The van der Waals surface area contributed by atoms with Crippen molar-refractivity contribution in [2.75, 3.05) is 0 Å². The molecule has 0 amide bonds. The summed E-state index contributed by atoms with van der Waals surface area (Å²) in [5.74, 6) is 0.704. The second-order valence-electron chi connectivity index (χ2n) is 14.4. The van der Waals surface area contributed by atoms with Gasteiger partial charge in [-0.15, -0.1) is 0 Å². The molecule has 0 unspecified atom stereocenters. The number of benzene rings is 8. The van der Waals surface area contributed by atoms with E-state index in [0.29, 0.717) is 5.82 Å². The molecule has 4 heteroatoms. The molecule has 11 rings (SSSR count). The Morgan fingerprint density at radius 3 is 1.58 bits per heavy atom. The first kappa shape index (κ1) is 32.7. The Hall–Kier alpha value is -7.69. The zero-order chi connectivity index (χ0) is 37.7. The van der Waals surface area contributed by atoms with Crippen LogP contribution < -0.4 is 0 Å². The van der Waals surface area contributed by atoms with Crippen LogP contribution in [-0.4, -0.2) is 19.5 Å². The third kappa shape index (κ3) is 5.66. The summed E-state index contributed by atoms with van der Waals surface area (Å²) in [4.78, 5) is 15.6. The number of hydrogen-bond donors (Lipinski definition) is 0. The molecule has 8 aromatic carbocycles. The van der Waals surface area contributed by atoms with Crippen molar-refractivity contribution in [3.05, 3.63) is 206 Å². The smallest absolute Gasteiger partial charge is 0.160 e. The van der Waals surface area contributed by atoms with Gasteiger partial charge in [0, 0.05) is 55.0 Å². The van der Waals surface area contributed by atoms with Crippen LogP contribution in [-0.2, 0) is 0 Å². The number of rotatable bonds is 6. The molecule has 0 N–H and O–H groups in total. The van der Waals surface area contributed by atoms with E-state index in [0.717, 1.165) is 78.0 Å². The van der Waals surface area contributed by atoms with Crippen LogP contribution in [0.4, 0.5) is 0 Å². The number of aromatic nitrogens is 4. The molecule has 266 valence electrons. The van der Waals surface area contributed by atoms with Crippen LogP contribution in [0.5, 0.6) is 0 Å². The minimum Gasteiger partial charge on any atom is -0.309 e. The van der Waals surface area contributed by atoms with Crippen molar-refractivity contribution < 1.29 is 0 Å². The quantitative estimate of drug-likeness (QED) is 0.160. The standard InChI is InChI=1S/C53H34N4/c1-5-16-36(17-6-1)47-34-48(55-53(54-47)39-20-9-3-10-21-39)37-30-28-35(29-31-37)41-25-15-26-43-44-32-45-42-24-13-14-27-49(42)57(40-22-11-4-12-23-40)50(45)33-46(44)51(56-52(41)43)38-18-7-2-8-19-38/h1-34H. The highest BCUT2D eigenvalue weighted by molar-refractivity contribution is 6.21. The van der Waals surface area contributed by atoms with Crippen molar-refractivity contribution in [2.45, 2.75) is 0 Å². The van der Waals surface area contributed by atoms with Gasteiger partial charge in [-0.1, -0.05) is 170 Å². The molecule has 0 aliphatic carbocycles. The predicted molar refractivity (Wildman–Crippen MR) is 236 cm³/mol. The molecule has 11 aromatic rings. The Morgan fingerprint density at radius 2 is 0.877 bits per heavy atom. The lowest BCUT2D eigenvalue weighted by Crippen LogP contribution is -1.96. The molecule has 0 spiro atoms. The number of fused-ring (bicyclic) bond motifs is 6. The van der Waals surface area contributed by atoms with E-state index >= 15 is 0 Å². The van der Waals surface area contributed by atoms with Crippen LogP contribution in [0.1, 0.15) is 0 Å². The molecule has 0 saturated heterocycles. The van der Waals surface area contributed by atoms with Gasteiger partial charge in [0.15, 0.2) is 5.82 Å². The Bertz CT molecular complexity index is 3190. The maximum absolute atomic E-state index is 5.55. The molecular formula is C53H34N4.